The fraction of sp³-hybridized carbons (Fsp3) is 0.881. The molecule has 1 fully saturated rings. The van der Waals surface area contributed by atoms with Crippen molar-refractivity contribution in [2.75, 3.05) is 13.2 Å². The van der Waals surface area contributed by atoms with Crippen LogP contribution in [-0.4, -0.2) is 98.7 Å². The van der Waals surface area contributed by atoms with Gasteiger partial charge in [-0.2, -0.15) is 0 Å². The van der Waals surface area contributed by atoms with Gasteiger partial charge in [-0.15, -0.1) is 0 Å². The van der Waals surface area contributed by atoms with E-state index in [4.69, 9.17) is 9.47 Å². The van der Waals surface area contributed by atoms with Crippen LogP contribution in [0.25, 0.3) is 0 Å². The van der Waals surface area contributed by atoms with Gasteiger partial charge in [0.15, 0.2) is 6.29 Å². The first-order chi connectivity index (χ1) is 25.3. The van der Waals surface area contributed by atoms with Gasteiger partial charge >= 0.3 is 0 Å². The van der Waals surface area contributed by atoms with Gasteiger partial charge in [0.05, 0.1) is 25.4 Å². The summed E-state index contributed by atoms with van der Waals surface area (Å²) in [6.45, 7) is 3.56. The molecule has 0 bridgehead atoms. The lowest BCUT2D eigenvalue weighted by Crippen LogP contribution is -2.60. The van der Waals surface area contributed by atoms with E-state index in [9.17, 15) is 35.4 Å². The van der Waals surface area contributed by atoms with Crippen molar-refractivity contribution in [2.24, 2.45) is 0 Å². The predicted molar refractivity (Wildman–Crippen MR) is 209 cm³/mol. The normalized spacial score (nSPS) is 22.7. The number of unbranched alkanes of at least 4 members (excludes halogenated alkanes) is 21. The molecular formula is C42H79NO9. The van der Waals surface area contributed by atoms with Gasteiger partial charge in [0, 0.05) is 0 Å². The van der Waals surface area contributed by atoms with Crippen LogP contribution < -0.4 is 5.32 Å². The van der Waals surface area contributed by atoms with Crippen molar-refractivity contribution in [2.45, 2.75) is 223 Å². The number of carbonyl (C=O) groups excluding carboxylic acids is 1. The Morgan fingerprint density at radius 2 is 1.13 bits per heavy atom. The zero-order chi connectivity index (χ0) is 38.2. The molecule has 52 heavy (non-hydrogen) atoms. The third-order valence-corrected chi connectivity index (χ3v) is 10.1. The third kappa shape index (κ3) is 23.4. The molecule has 1 aliphatic heterocycles. The number of allylic oxidation sites excluding steroid dienone is 3. The highest BCUT2D eigenvalue weighted by Crippen LogP contribution is 2.22. The summed E-state index contributed by atoms with van der Waals surface area (Å²) in [5, 5.41) is 64.4. The van der Waals surface area contributed by atoms with Crippen molar-refractivity contribution in [3.05, 3.63) is 24.3 Å². The zero-order valence-corrected chi connectivity index (χ0v) is 32.9. The number of aliphatic hydroxyl groups is 6. The first kappa shape index (κ1) is 48.6. The van der Waals surface area contributed by atoms with Crippen molar-refractivity contribution in [3.63, 3.8) is 0 Å². The SMILES string of the molecule is CCCCCCCCC/C=C/CC/C=C/[C@@H](O)[C@H](CO[C@@H]1O[C@H](CO)[C@@H](O)[C@H](O)[C@H]1O)NC(=O)C(O)CCCCCCCCCCCCCCCC. The summed E-state index contributed by atoms with van der Waals surface area (Å²) in [4.78, 5) is 13.0. The van der Waals surface area contributed by atoms with Crippen molar-refractivity contribution >= 4 is 5.91 Å². The molecule has 306 valence electrons. The lowest BCUT2D eigenvalue weighted by atomic mass is 9.99. The second kappa shape index (κ2) is 33.0. The van der Waals surface area contributed by atoms with Gasteiger partial charge in [-0.1, -0.05) is 167 Å². The van der Waals surface area contributed by atoms with E-state index >= 15 is 0 Å². The van der Waals surface area contributed by atoms with E-state index in [1.54, 1.807) is 6.08 Å². The van der Waals surface area contributed by atoms with Crippen LogP contribution in [0.1, 0.15) is 174 Å². The molecule has 7 N–H and O–H groups in total. The molecule has 0 aliphatic carbocycles. The molecule has 0 aromatic heterocycles. The third-order valence-electron chi connectivity index (χ3n) is 10.1. The minimum atomic E-state index is -1.61. The summed E-state index contributed by atoms with van der Waals surface area (Å²) in [5.41, 5.74) is 0. The maximum absolute atomic E-state index is 13.0. The fourth-order valence-corrected chi connectivity index (χ4v) is 6.59. The number of rotatable bonds is 34. The number of aliphatic hydroxyl groups excluding tert-OH is 6. The number of amides is 1. The van der Waals surface area contributed by atoms with E-state index in [1.807, 2.05) is 6.08 Å². The molecule has 8 atom stereocenters. The monoisotopic (exact) mass is 742 g/mol. The predicted octanol–water partition coefficient (Wildman–Crippen LogP) is 6.91. The summed E-state index contributed by atoms with van der Waals surface area (Å²) < 4.78 is 11.1. The van der Waals surface area contributed by atoms with Gasteiger partial charge in [-0.05, 0) is 32.1 Å². The molecule has 0 spiro atoms. The minimum Gasteiger partial charge on any atom is -0.394 e. The van der Waals surface area contributed by atoms with E-state index in [0.717, 1.165) is 32.1 Å². The lowest BCUT2D eigenvalue weighted by molar-refractivity contribution is -0.302. The molecule has 10 heteroatoms. The number of nitrogens with one attached hydrogen (secondary N) is 1. The average Bonchev–Trinajstić information content (AvgIpc) is 3.14. The molecule has 1 amide bonds. The Balaban J connectivity index is 2.50. The largest absolute Gasteiger partial charge is 0.394 e. The number of ether oxygens (including phenoxy) is 2. The average molecular weight is 742 g/mol. The number of hydrogen-bond donors (Lipinski definition) is 7. The van der Waals surface area contributed by atoms with Crippen molar-refractivity contribution in [3.8, 4) is 0 Å². The molecule has 1 saturated heterocycles. The van der Waals surface area contributed by atoms with Crippen LogP contribution >= 0.6 is 0 Å². The topological polar surface area (TPSA) is 169 Å². The molecule has 1 aliphatic rings. The van der Waals surface area contributed by atoms with Gasteiger partial charge < -0.3 is 45.4 Å². The minimum absolute atomic E-state index is 0.307. The fourth-order valence-electron chi connectivity index (χ4n) is 6.59. The summed E-state index contributed by atoms with van der Waals surface area (Å²) in [6.07, 6.45) is 26.9. The smallest absolute Gasteiger partial charge is 0.249 e. The molecule has 1 heterocycles. The van der Waals surface area contributed by atoms with E-state index in [-0.39, 0.29) is 6.61 Å². The second-order valence-corrected chi connectivity index (χ2v) is 14.9. The summed E-state index contributed by atoms with van der Waals surface area (Å²) in [7, 11) is 0. The number of hydrogen-bond acceptors (Lipinski definition) is 9. The summed E-state index contributed by atoms with van der Waals surface area (Å²) in [5.74, 6) is -0.627. The van der Waals surface area contributed by atoms with Crippen LogP contribution in [-0.2, 0) is 14.3 Å². The van der Waals surface area contributed by atoms with Crippen molar-refractivity contribution in [1.29, 1.82) is 0 Å². The van der Waals surface area contributed by atoms with Crippen LogP contribution in [0, 0.1) is 0 Å². The van der Waals surface area contributed by atoms with Gasteiger partial charge in [-0.3, -0.25) is 4.79 Å². The Morgan fingerprint density at radius 3 is 1.67 bits per heavy atom. The van der Waals surface area contributed by atoms with E-state index < -0.39 is 61.5 Å². The van der Waals surface area contributed by atoms with Crippen LogP contribution in [0.15, 0.2) is 24.3 Å². The molecule has 0 aromatic rings. The highest BCUT2D eigenvalue weighted by atomic mass is 16.7. The number of carbonyl (C=O) groups is 1. The van der Waals surface area contributed by atoms with Crippen LogP contribution in [0.2, 0.25) is 0 Å². The zero-order valence-electron chi connectivity index (χ0n) is 32.9. The Labute approximate surface area is 316 Å². The second-order valence-electron chi connectivity index (χ2n) is 14.9. The van der Waals surface area contributed by atoms with Gasteiger partial charge in [0.2, 0.25) is 5.91 Å². The lowest BCUT2D eigenvalue weighted by Gasteiger charge is -2.40. The Morgan fingerprint density at radius 1 is 0.654 bits per heavy atom. The van der Waals surface area contributed by atoms with Crippen LogP contribution in [0.3, 0.4) is 0 Å². The maximum atomic E-state index is 13.0. The Bertz CT molecular complexity index is 886. The molecule has 10 nitrogen and oxygen atoms in total. The molecular weight excluding hydrogens is 662 g/mol. The highest BCUT2D eigenvalue weighted by Gasteiger charge is 2.44. The highest BCUT2D eigenvalue weighted by molar-refractivity contribution is 5.80. The first-order valence-corrected chi connectivity index (χ1v) is 21.2. The van der Waals surface area contributed by atoms with E-state index in [1.165, 1.54) is 109 Å². The van der Waals surface area contributed by atoms with E-state index in [2.05, 4.69) is 31.3 Å². The Hall–Kier alpha value is -1.37. The van der Waals surface area contributed by atoms with Gasteiger partial charge in [0.25, 0.3) is 0 Å². The molecule has 0 saturated carbocycles. The van der Waals surface area contributed by atoms with Crippen molar-refractivity contribution < 1.29 is 44.9 Å². The molecule has 1 unspecified atom stereocenters. The van der Waals surface area contributed by atoms with Gasteiger partial charge in [0.1, 0.15) is 30.5 Å². The first-order valence-electron chi connectivity index (χ1n) is 21.2. The maximum Gasteiger partial charge on any atom is 0.249 e. The van der Waals surface area contributed by atoms with Crippen LogP contribution in [0.4, 0.5) is 0 Å². The van der Waals surface area contributed by atoms with Gasteiger partial charge in [-0.25, -0.2) is 0 Å². The summed E-state index contributed by atoms with van der Waals surface area (Å²) in [6, 6.07) is -0.991. The molecule has 0 radical (unpaired) electrons. The summed E-state index contributed by atoms with van der Waals surface area (Å²) >= 11 is 0. The quantitative estimate of drug-likeness (QED) is 0.0274. The molecule has 1 rings (SSSR count). The Kier molecular flexibility index (Phi) is 30.9. The molecule has 0 aromatic carbocycles. The van der Waals surface area contributed by atoms with Crippen LogP contribution in [0.5, 0.6) is 0 Å². The standard InChI is InChI=1S/C42H79NO9/c1-3-5-7-9-11-13-15-17-19-21-23-25-27-29-31-36(46)41(50)43-34(33-51-42-40(49)39(48)38(47)37(32-44)52-42)35(45)30-28-26-24-22-20-18-16-14-12-10-8-6-4-2/h20,22,28,30,34-40,42,44-49H,3-19,21,23-27,29,31-33H2,1-2H3,(H,43,50)/b22-20+,30-28+/t34-,35+,36?,37+,38+,39-,40+,42+/m0/s1. The van der Waals surface area contributed by atoms with Crippen molar-refractivity contribution in [1.82, 2.24) is 5.32 Å². The van der Waals surface area contributed by atoms with E-state index in [0.29, 0.717) is 19.3 Å².